The Morgan fingerprint density at radius 1 is 1.24 bits per heavy atom. The van der Waals surface area contributed by atoms with Gasteiger partial charge in [-0.2, -0.15) is 0 Å². The summed E-state index contributed by atoms with van der Waals surface area (Å²) in [5.41, 5.74) is 8.65. The minimum absolute atomic E-state index is 0.175. The number of nitrogen functional groups attached to an aromatic ring is 1. The van der Waals surface area contributed by atoms with Crippen molar-refractivity contribution in [1.29, 1.82) is 0 Å². The zero-order valence-corrected chi connectivity index (χ0v) is 12.3. The van der Waals surface area contributed by atoms with Crippen molar-refractivity contribution in [1.82, 2.24) is 4.98 Å². The zero-order chi connectivity index (χ0) is 15.4. The van der Waals surface area contributed by atoms with E-state index in [1.165, 1.54) is 17.8 Å². The number of pyridine rings is 1. The second kappa shape index (κ2) is 6.26. The van der Waals surface area contributed by atoms with Crippen molar-refractivity contribution in [2.24, 2.45) is 0 Å². The minimum Gasteiger partial charge on any atom is -0.462 e. The van der Waals surface area contributed by atoms with Gasteiger partial charge in [-0.25, -0.2) is 9.78 Å². The van der Waals surface area contributed by atoms with E-state index in [-0.39, 0.29) is 23.7 Å². The van der Waals surface area contributed by atoms with Crippen molar-refractivity contribution >= 4 is 11.7 Å². The number of rotatable bonds is 4. The van der Waals surface area contributed by atoms with Crippen LogP contribution in [0.25, 0.3) is 0 Å². The molecule has 0 unspecified atom stereocenters. The molecule has 2 rings (SSSR count). The average molecular weight is 286 g/mol. The molecule has 5 heteroatoms. The maximum absolute atomic E-state index is 11.8. The molecule has 2 N–H and O–H groups in total. The van der Waals surface area contributed by atoms with Gasteiger partial charge in [-0.1, -0.05) is 6.07 Å². The van der Waals surface area contributed by atoms with E-state index in [0.717, 1.165) is 5.56 Å². The highest BCUT2D eigenvalue weighted by molar-refractivity contribution is 5.96. The molecular formula is C16H18N2O3. The fourth-order valence-electron chi connectivity index (χ4n) is 1.81. The topological polar surface area (TPSA) is 74.4 Å². The van der Waals surface area contributed by atoms with Crippen LogP contribution < -0.4 is 10.5 Å². The zero-order valence-electron chi connectivity index (χ0n) is 12.3. The lowest BCUT2D eigenvalue weighted by Crippen LogP contribution is -2.09. The maximum atomic E-state index is 11.8. The average Bonchev–Trinajstić information content (AvgIpc) is 2.45. The highest BCUT2D eigenvalue weighted by atomic mass is 16.5. The number of nitrogens with two attached hydrogens (primary N) is 1. The lowest BCUT2D eigenvalue weighted by Gasteiger charge is -2.11. The van der Waals surface area contributed by atoms with Crippen LogP contribution in [0.5, 0.6) is 11.6 Å². The Kier molecular flexibility index (Phi) is 4.42. The summed E-state index contributed by atoms with van der Waals surface area (Å²) in [5.74, 6) is 0.337. The van der Waals surface area contributed by atoms with Crippen molar-refractivity contribution in [3.63, 3.8) is 0 Å². The summed E-state index contributed by atoms with van der Waals surface area (Å²) in [6, 6.07) is 7.20. The van der Waals surface area contributed by atoms with Crippen molar-refractivity contribution in [2.45, 2.75) is 20.8 Å². The summed E-state index contributed by atoms with van der Waals surface area (Å²) in [6.45, 7) is 6.04. The Bertz CT molecular complexity index is 669. The van der Waals surface area contributed by atoms with Gasteiger partial charge in [0.2, 0.25) is 5.88 Å². The SMILES string of the molecule is CCOC(=O)c1ccnc(Oc2ccc(C)c(C)c2)c1N. The van der Waals surface area contributed by atoms with Gasteiger partial charge in [-0.15, -0.1) is 0 Å². The number of carbonyl (C=O) groups excluding carboxylic acids is 1. The molecule has 0 aliphatic heterocycles. The standard InChI is InChI=1S/C16H18N2O3/c1-4-20-16(19)13-7-8-18-15(14(13)17)21-12-6-5-10(2)11(3)9-12/h5-9H,4,17H2,1-3H3. The van der Waals surface area contributed by atoms with Crippen LogP contribution in [0, 0.1) is 13.8 Å². The number of anilines is 1. The Labute approximate surface area is 123 Å². The fourth-order valence-corrected chi connectivity index (χ4v) is 1.81. The number of ether oxygens (including phenoxy) is 2. The molecule has 0 amide bonds. The number of aryl methyl sites for hydroxylation is 2. The van der Waals surface area contributed by atoms with Gasteiger partial charge in [0, 0.05) is 6.20 Å². The van der Waals surface area contributed by atoms with E-state index in [1.54, 1.807) is 6.92 Å². The van der Waals surface area contributed by atoms with Gasteiger partial charge in [0.1, 0.15) is 11.4 Å². The van der Waals surface area contributed by atoms with E-state index in [4.69, 9.17) is 15.2 Å². The van der Waals surface area contributed by atoms with Crippen LogP contribution in [0.4, 0.5) is 5.69 Å². The lowest BCUT2D eigenvalue weighted by molar-refractivity contribution is 0.0527. The summed E-state index contributed by atoms with van der Waals surface area (Å²) < 4.78 is 10.6. The van der Waals surface area contributed by atoms with Gasteiger partial charge in [0.05, 0.1) is 12.2 Å². The van der Waals surface area contributed by atoms with E-state index in [0.29, 0.717) is 5.75 Å². The number of esters is 1. The summed E-state index contributed by atoms with van der Waals surface area (Å²) in [4.78, 5) is 15.9. The lowest BCUT2D eigenvalue weighted by atomic mass is 10.1. The van der Waals surface area contributed by atoms with Gasteiger partial charge in [0.25, 0.3) is 0 Å². The predicted octanol–water partition coefficient (Wildman–Crippen LogP) is 3.25. The van der Waals surface area contributed by atoms with Crippen LogP contribution in [-0.4, -0.2) is 17.6 Å². The van der Waals surface area contributed by atoms with E-state index >= 15 is 0 Å². The quantitative estimate of drug-likeness (QED) is 0.873. The van der Waals surface area contributed by atoms with Crippen molar-refractivity contribution in [3.8, 4) is 11.6 Å². The van der Waals surface area contributed by atoms with E-state index in [1.807, 2.05) is 32.0 Å². The molecule has 0 fully saturated rings. The molecule has 0 aliphatic carbocycles. The molecule has 0 saturated carbocycles. The van der Waals surface area contributed by atoms with Gasteiger partial charge in [-0.3, -0.25) is 0 Å². The maximum Gasteiger partial charge on any atom is 0.340 e. The van der Waals surface area contributed by atoms with Crippen LogP contribution in [0.2, 0.25) is 0 Å². The van der Waals surface area contributed by atoms with Crippen LogP contribution in [0.15, 0.2) is 30.5 Å². The summed E-state index contributed by atoms with van der Waals surface area (Å²) in [5, 5.41) is 0. The third kappa shape index (κ3) is 3.31. The second-order valence-corrected chi connectivity index (χ2v) is 4.65. The molecule has 0 aliphatic rings. The first-order valence-corrected chi connectivity index (χ1v) is 6.69. The van der Waals surface area contributed by atoms with E-state index in [2.05, 4.69) is 4.98 Å². The molecule has 110 valence electrons. The first-order chi connectivity index (χ1) is 10.0. The number of nitrogens with zero attached hydrogens (tertiary/aromatic N) is 1. The predicted molar refractivity (Wildman–Crippen MR) is 80.6 cm³/mol. The van der Waals surface area contributed by atoms with Gasteiger partial charge in [-0.05, 0) is 50.1 Å². The molecule has 0 spiro atoms. The molecule has 0 bridgehead atoms. The van der Waals surface area contributed by atoms with Crippen LogP contribution in [0.1, 0.15) is 28.4 Å². The molecule has 21 heavy (non-hydrogen) atoms. The van der Waals surface area contributed by atoms with Gasteiger partial charge in [0.15, 0.2) is 0 Å². The summed E-state index contributed by atoms with van der Waals surface area (Å²) in [7, 11) is 0. The Morgan fingerprint density at radius 2 is 2.00 bits per heavy atom. The summed E-state index contributed by atoms with van der Waals surface area (Å²) in [6.07, 6.45) is 1.47. The molecule has 2 aromatic rings. The molecule has 0 radical (unpaired) electrons. The van der Waals surface area contributed by atoms with Crippen molar-refractivity contribution in [2.75, 3.05) is 12.3 Å². The summed E-state index contributed by atoms with van der Waals surface area (Å²) >= 11 is 0. The number of aromatic nitrogens is 1. The van der Waals surface area contributed by atoms with E-state index in [9.17, 15) is 4.79 Å². The highest BCUT2D eigenvalue weighted by Gasteiger charge is 2.16. The van der Waals surface area contributed by atoms with Crippen molar-refractivity contribution in [3.05, 3.63) is 47.2 Å². The number of hydrogen-bond donors (Lipinski definition) is 1. The first kappa shape index (κ1) is 14.8. The van der Waals surface area contributed by atoms with Crippen LogP contribution in [0.3, 0.4) is 0 Å². The molecular weight excluding hydrogens is 268 g/mol. The van der Waals surface area contributed by atoms with Crippen molar-refractivity contribution < 1.29 is 14.3 Å². The molecule has 1 aromatic carbocycles. The third-order valence-corrected chi connectivity index (χ3v) is 3.14. The number of hydrogen-bond acceptors (Lipinski definition) is 5. The van der Waals surface area contributed by atoms with Crippen LogP contribution in [-0.2, 0) is 4.74 Å². The number of carbonyl (C=O) groups is 1. The third-order valence-electron chi connectivity index (χ3n) is 3.14. The number of benzene rings is 1. The molecule has 5 nitrogen and oxygen atoms in total. The Morgan fingerprint density at radius 3 is 2.67 bits per heavy atom. The Balaban J connectivity index is 2.30. The van der Waals surface area contributed by atoms with Crippen LogP contribution >= 0.6 is 0 Å². The smallest absolute Gasteiger partial charge is 0.340 e. The minimum atomic E-state index is -0.484. The molecule has 0 atom stereocenters. The monoisotopic (exact) mass is 286 g/mol. The largest absolute Gasteiger partial charge is 0.462 e. The van der Waals surface area contributed by atoms with Gasteiger partial charge >= 0.3 is 5.97 Å². The molecule has 1 aromatic heterocycles. The molecule has 0 saturated heterocycles. The fraction of sp³-hybridized carbons (Fsp3) is 0.250. The van der Waals surface area contributed by atoms with E-state index < -0.39 is 5.97 Å². The first-order valence-electron chi connectivity index (χ1n) is 6.69. The second-order valence-electron chi connectivity index (χ2n) is 4.65. The van der Waals surface area contributed by atoms with Gasteiger partial charge < -0.3 is 15.2 Å². The highest BCUT2D eigenvalue weighted by Crippen LogP contribution is 2.29. The molecule has 1 heterocycles. The Hall–Kier alpha value is -2.56. The normalized spacial score (nSPS) is 10.2.